The van der Waals surface area contributed by atoms with Crippen molar-refractivity contribution in [1.82, 2.24) is 15.2 Å². The first-order valence-corrected chi connectivity index (χ1v) is 10.2. The van der Waals surface area contributed by atoms with Crippen molar-refractivity contribution in [1.29, 1.82) is 0 Å². The molecule has 3 amide bonds. The molecule has 1 saturated heterocycles. The van der Waals surface area contributed by atoms with E-state index in [0.717, 1.165) is 18.7 Å². The second-order valence-electron chi connectivity index (χ2n) is 7.25. The second kappa shape index (κ2) is 10.3. The van der Waals surface area contributed by atoms with Crippen LogP contribution in [0.3, 0.4) is 0 Å². The topological polar surface area (TPSA) is 110 Å². The number of benzene rings is 1. The number of ether oxygens (including phenoxy) is 1. The largest absolute Gasteiger partial charge is 0.495 e. The summed E-state index contributed by atoms with van der Waals surface area (Å²) in [5, 5.41) is 6.51. The van der Waals surface area contributed by atoms with Gasteiger partial charge in [-0.15, -0.1) is 0 Å². The van der Waals surface area contributed by atoms with Gasteiger partial charge in [0.15, 0.2) is 0 Å². The number of carbonyl (C=O) groups is 2. The van der Waals surface area contributed by atoms with Crippen LogP contribution in [0.15, 0.2) is 42.6 Å². The molecule has 3 rings (SSSR count). The number of anilines is 1. The minimum atomic E-state index is -0.322. The third-order valence-electron chi connectivity index (χ3n) is 5.16. The van der Waals surface area contributed by atoms with Gasteiger partial charge in [0.1, 0.15) is 5.75 Å². The van der Waals surface area contributed by atoms with Crippen molar-refractivity contribution in [2.75, 3.05) is 32.1 Å². The number of methoxy groups -OCH3 is 1. The Hall–Kier alpha value is -2.84. The number of aromatic nitrogens is 1. The lowest BCUT2D eigenvalue weighted by atomic mass is 9.88. The first-order chi connectivity index (χ1) is 14.4. The van der Waals surface area contributed by atoms with Crippen molar-refractivity contribution in [3.8, 4) is 5.75 Å². The molecule has 0 bridgehead atoms. The molecular formula is C21H26ClN5O3. The molecule has 2 heterocycles. The number of amides is 3. The van der Waals surface area contributed by atoms with Gasteiger partial charge in [0, 0.05) is 54.4 Å². The van der Waals surface area contributed by atoms with Crippen LogP contribution in [0.5, 0.6) is 5.75 Å². The summed E-state index contributed by atoms with van der Waals surface area (Å²) >= 11 is 5.89. The Morgan fingerprint density at radius 3 is 2.67 bits per heavy atom. The van der Waals surface area contributed by atoms with Crippen LogP contribution in [0.25, 0.3) is 0 Å². The average molecular weight is 432 g/mol. The Balaban J connectivity index is 1.70. The Morgan fingerprint density at radius 1 is 1.27 bits per heavy atom. The SMILES string of the molecule is COc1ccc(C2CN(CCC(N)=O)CCC2NC(=O)Nc2ccc(Cl)cc2)nc1. The van der Waals surface area contributed by atoms with Gasteiger partial charge < -0.3 is 26.0 Å². The highest BCUT2D eigenvalue weighted by atomic mass is 35.5. The van der Waals surface area contributed by atoms with Crippen molar-refractivity contribution in [3.05, 3.63) is 53.3 Å². The zero-order valence-electron chi connectivity index (χ0n) is 16.8. The fourth-order valence-corrected chi connectivity index (χ4v) is 3.69. The van der Waals surface area contributed by atoms with Crippen molar-refractivity contribution in [2.45, 2.75) is 24.8 Å². The normalized spacial score (nSPS) is 19.1. The molecule has 2 aromatic rings. The molecule has 2 atom stereocenters. The van der Waals surface area contributed by atoms with Crippen LogP contribution >= 0.6 is 11.6 Å². The predicted molar refractivity (Wildman–Crippen MR) is 116 cm³/mol. The van der Waals surface area contributed by atoms with Gasteiger partial charge in [-0.1, -0.05) is 11.6 Å². The summed E-state index contributed by atoms with van der Waals surface area (Å²) in [5.74, 6) is 0.315. The van der Waals surface area contributed by atoms with Gasteiger partial charge in [-0.2, -0.15) is 0 Å². The van der Waals surface area contributed by atoms with Crippen LogP contribution in [0.2, 0.25) is 5.02 Å². The van der Waals surface area contributed by atoms with Gasteiger partial charge >= 0.3 is 6.03 Å². The number of nitrogens with two attached hydrogens (primary N) is 1. The molecule has 4 N–H and O–H groups in total. The highest BCUT2D eigenvalue weighted by Gasteiger charge is 2.32. The Morgan fingerprint density at radius 2 is 2.03 bits per heavy atom. The Kier molecular flexibility index (Phi) is 7.48. The number of nitrogens with zero attached hydrogens (tertiary/aromatic N) is 2. The monoisotopic (exact) mass is 431 g/mol. The first-order valence-electron chi connectivity index (χ1n) is 9.78. The smallest absolute Gasteiger partial charge is 0.319 e. The van der Waals surface area contributed by atoms with Crippen LogP contribution in [-0.2, 0) is 4.79 Å². The van der Waals surface area contributed by atoms with E-state index in [1.807, 2.05) is 12.1 Å². The lowest BCUT2D eigenvalue weighted by molar-refractivity contribution is -0.118. The summed E-state index contributed by atoms with van der Waals surface area (Å²) in [6, 6.07) is 10.3. The van der Waals surface area contributed by atoms with Gasteiger partial charge in [0.2, 0.25) is 5.91 Å². The van der Waals surface area contributed by atoms with Gasteiger partial charge in [-0.05, 0) is 42.8 Å². The lowest BCUT2D eigenvalue weighted by Crippen LogP contribution is -2.51. The highest BCUT2D eigenvalue weighted by molar-refractivity contribution is 6.30. The molecular weight excluding hydrogens is 406 g/mol. The zero-order valence-corrected chi connectivity index (χ0v) is 17.6. The van der Waals surface area contributed by atoms with Gasteiger partial charge in [-0.25, -0.2) is 4.79 Å². The molecule has 8 nitrogen and oxygen atoms in total. The average Bonchev–Trinajstić information content (AvgIpc) is 2.74. The standard InChI is InChI=1S/C21H26ClN5O3/c1-30-16-6-7-18(24-12-16)17-13-27(11-9-20(23)28)10-8-19(17)26-21(29)25-15-4-2-14(22)3-5-15/h2-7,12,17,19H,8-11,13H2,1H3,(H2,23,28)(H2,25,26,29). The van der Waals surface area contributed by atoms with Gasteiger partial charge in [-0.3, -0.25) is 9.78 Å². The van der Waals surface area contributed by atoms with E-state index in [1.165, 1.54) is 0 Å². The molecule has 1 aromatic heterocycles. The van der Waals surface area contributed by atoms with Crippen LogP contribution in [0, 0.1) is 0 Å². The number of carbonyl (C=O) groups excluding carboxylic acids is 2. The molecule has 160 valence electrons. The minimum absolute atomic E-state index is 0.0338. The molecule has 2 unspecified atom stereocenters. The zero-order chi connectivity index (χ0) is 21.5. The van der Waals surface area contributed by atoms with Crippen LogP contribution in [0.1, 0.15) is 24.5 Å². The molecule has 0 radical (unpaired) electrons. The highest BCUT2D eigenvalue weighted by Crippen LogP contribution is 2.27. The third kappa shape index (κ3) is 6.08. The Bertz CT molecular complexity index is 860. The summed E-state index contributed by atoms with van der Waals surface area (Å²) in [4.78, 5) is 30.4. The predicted octanol–water partition coefficient (Wildman–Crippen LogP) is 2.60. The molecule has 1 aliphatic heterocycles. The molecule has 9 heteroatoms. The van der Waals surface area contributed by atoms with Crippen LogP contribution in [-0.4, -0.2) is 54.6 Å². The van der Waals surface area contributed by atoms with Crippen LogP contribution < -0.4 is 21.1 Å². The number of urea groups is 1. The van der Waals surface area contributed by atoms with E-state index in [1.54, 1.807) is 37.6 Å². The van der Waals surface area contributed by atoms with E-state index in [2.05, 4.69) is 20.5 Å². The van der Waals surface area contributed by atoms with Crippen LogP contribution in [0.4, 0.5) is 10.5 Å². The van der Waals surface area contributed by atoms with Crippen molar-refractivity contribution < 1.29 is 14.3 Å². The fraction of sp³-hybridized carbons (Fsp3) is 0.381. The maximum absolute atomic E-state index is 12.6. The number of hydrogen-bond acceptors (Lipinski definition) is 5. The molecule has 1 aromatic carbocycles. The number of hydrogen-bond donors (Lipinski definition) is 3. The van der Waals surface area contributed by atoms with Crippen molar-refractivity contribution in [3.63, 3.8) is 0 Å². The van der Waals surface area contributed by atoms with Crippen molar-refractivity contribution >= 4 is 29.2 Å². The number of primary amides is 1. The number of piperidine rings is 1. The number of pyridine rings is 1. The fourth-order valence-electron chi connectivity index (χ4n) is 3.56. The van der Waals surface area contributed by atoms with Crippen molar-refractivity contribution in [2.24, 2.45) is 5.73 Å². The quantitative estimate of drug-likeness (QED) is 0.624. The lowest BCUT2D eigenvalue weighted by Gasteiger charge is -2.38. The summed E-state index contributed by atoms with van der Waals surface area (Å²) in [7, 11) is 1.59. The molecule has 1 aliphatic rings. The minimum Gasteiger partial charge on any atom is -0.495 e. The summed E-state index contributed by atoms with van der Waals surface area (Å²) in [6.07, 6.45) is 2.70. The maximum atomic E-state index is 12.6. The maximum Gasteiger partial charge on any atom is 0.319 e. The number of nitrogens with one attached hydrogen (secondary N) is 2. The third-order valence-corrected chi connectivity index (χ3v) is 5.42. The second-order valence-corrected chi connectivity index (χ2v) is 7.68. The number of halogens is 1. The molecule has 30 heavy (non-hydrogen) atoms. The van der Waals surface area contributed by atoms with E-state index in [9.17, 15) is 9.59 Å². The molecule has 0 aliphatic carbocycles. The van der Waals surface area contributed by atoms with Gasteiger partial charge in [0.05, 0.1) is 13.3 Å². The molecule has 0 spiro atoms. The van der Waals surface area contributed by atoms with E-state index >= 15 is 0 Å². The van der Waals surface area contributed by atoms with E-state index in [4.69, 9.17) is 22.1 Å². The van der Waals surface area contributed by atoms with E-state index in [0.29, 0.717) is 36.0 Å². The Labute approximate surface area is 180 Å². The number of rotatable bonds is 7. The number of likely N-dealkylation sites (tertiary alicyclic amines) is 1. The van der Waals surface area contributed by atoms with Gasteiger partial charge in [0.25, 0.3) is 0 Å². The van der Waals surface area contributed by atoms with E-state index < -0.39 is 0 Å². The van der Waals surface area contributed by atoms with E-state index in [-0.39, 0.29) is 23.9 Å². The molecule has 0 saturated carbocycles. The first kappa shape index (κ1) is 21.9. The molecule has 1 fully saturated rings. The summed E-state index contributed by atoms with van der Waals surface area (Å²) < 4.78 is 5.20. The summed E-state index contributed by atoms with van der Waals surface area (Å²) in [6.45, 7) is 2.01. The summed E-state index contributed by atoms with van der Waals surface area (Å²) in [5.41, 5.74) is 6.82.